The lowest BCUT2D eigenvalue weighted by Gasteiger charge is -2.29. The third-order valence-electron chi connectivity index (χ3n) is 4.07. The molecule has 2 nitrogen and oxygen atoms in total. The highest BCUT2D eigenvalue weighted by Crippen LogP contribution is 2.33. The highest BCUT2D eigenvalue weighted by atomic mass is 19.1. The van der Waals surface area contributed by atoms with Crippen LogP contribution in [0.5, 0.6) is 0 Å². The first-order valence-corrected chi connectivity index (χ1v) is 7.25. The molecular formula is C17H19FN2. The minimum atomic E-state index is -0.423. The summed E-state index contributed by atoms with van der Waals surface area (Å²) in [6.45, 7) is 0. The van der Waals surface area contributed by atoms with Crippen LogP contribution in [0, 0.1) is 5.95 Å². The van der Waals surface area contributed by atoms with Crippen molar-refractivity contribution in [2.45, 2.75) is 37.6 Å². The molecule has 1 fully saturated rings. The molecule has 1 saturated carbocycles. The fourth-order valence-electron chi connectivity index (χ4n) is 2.99. The molecule has 0 atom stereocenters. The molecule has 0 radical (unpaired) electrons. The van der Waals surface area contributed by atoms with Gasteiger partial charge in [0.2, 0.25) is 5.95 Å². The Morgan fingerprint density at radius 3 is 2.35 bits per heavy atom. The van der Waals surface area contributed by atoms with Gasteiger partial charge < -0.3 is 5.32 Å². The Morgan fingerprint density at radius 2 is 1.65 bits per heavy atom. The summed E-state index contributed by atoms with van der Waals surface area (Å²) in [7, 11) is 0. The Bertz CT molecular complexity index is 548. The van der Waals surface area contributed by atoms with Gasteiger partial charge in [0.1, 0.15) is 5.82 Å². The minimum absolute atomic E-state index is 0.407. The van der Waals surface area contributed by atoms with Gasteiger partial charge in [0.25, 0.3) is 0 Å². The summed E-state index contributed by atoms with van der Waals surface area (Å²) in [6.07, 6.45) is 4.57. The molecule has 1 aliphatic carbocycles. The van der Waals surface area contributed by atoms with Crippen LogP contribution in [0.25, 0.3) is 0 Å². The number of benzene rings is 1. The summed E-state index contributed by atoms with van der Waals surface area (Å²) < 4.78 is 13.1. The molecule has 104 valence electrons. The van der Waals surface area contributed by atoms with E-state index in [2.05, 4.69) is 40.6 Å². The van der Waals surface area contributed by atoms with Crippen molar-refractivity contribution in [3.8, 4) is 0 Å². The van der Waals surface area contributed by atoms with Crippen LogP contribution in [0.4, 0.5) is 10.2 Å². The average molecular weight is 270 g/mol. The molecule has 1 N–H and O–H groups in total. The van der Waals surface area contributed by atoms with E-state index in [-0.39, 0.29) is 0 Å². The van der Waals surface area contributed by atoms with Crippen molar-refractivity contribution in [2.24, 2.45) is 0 Å². The van der Waals surface area contributed by atoms with Gasteiger partial charge in [-0.25, -0.2) is 4.98 Å². The number of nitrogens with zero attached hydrogens (tertiary/aromatic N) is 1. The third-order valence-corrected chi connectivity index (χ3v) is 4.07. The van der Waals surface area contributed by atoms with Gasteiger partial charge in [0.05, 0.1) is 0 Å². The van der Waals surface area contributed by atoms with Crippen molar-refractivity contribution in [1.82, 2.24) is 4.98 Å². The van der Waals surface area contributed by atoms with Gasteiger partial charge in [0.15, 0.2) is 0 Å². The molecule has 0 spiro atoms. The normalized spacial score (nSPS) is 22.4. The number of hydrogen-bond acceptors (Lipinski definition) is 2. The van der Waals surface area contributed by atoms with E-state index >= 15 is 0 Å². The molecule has 1 heterocycles. The SMILES string of the molecule is Fc1cccc(NC2CCC(c3ccccc3)CC2)n1. The van der Waals surface area contributed by atoms with E-state index < -0.39 is 5.95 Å². The van der Waals surface area contributed by atoms with Gasteiger partial charge in [0, 0.05) is 6.04 Å². The Kier molecular flexibility index (Phi) is 3.95. The van der Waals surface area contributed by atoms with Crippen molar-refractivity contribution >= 4 is 5.82 Å². The first kappa shape index (κ1) is 13.1. The third kappa shape index (κ3) is 3.16. The molecule has 0 aliphatic heterocycles. The summed E-state index contributed by atoms with van der Waals surface area (Å²) in [5.41, 5.74) is 1.44. The van der Waals surface area contributed by atoms with Gasteiger partial charge in [-0.2, -0.15) is 4.39 Å². The number of pyridine rings is 1. The Hall–Kier alpha value is -1.90. The second kappa shape index (κ2) is 6.04. The average Bonchev–Trinajstić information content (AvgIpc) is 2.49. The Balaban J connectivity index is 1.56. The summed E-state index contributed by atoms with van der Waals surface area (Å²) in [5, 5.41) is 3.34. The van der Waals surface area contributed by atoms with Crippen LogP contribution < -0.4 is 5.32 Å². The van der Waals surface area contributed by atoms with E-state index in [1.54, 1.807) is 6.07 Å². The molecule has 0 amide bonds. The van der Waals surface area contributed by atoms with E-state index in [0.717, 1.165) is 12.8 Å². The maximum Gasteiger partial charge on any atom is 0.214 e. The number of anilines is 1. The summed E-state index contributed by atoms with van der Waals surface area (Å²) >= 11 is 0. The highest BCUT2D eigenvalue weighted by Gasteiger charge is 2.22. The zero-order valence-electron chi connectivity index (χ0n) is 11.4. The lowest BCUT2D eigenvalue weighted by Crippen LogP contribution is -2.25. The zero-order valence-corrected chi connectivity index (χ0v) is 11.4. The lowest BCUT2D eigenvalue weighted by atomic mass is 9.82. The van der Waals surface area contributed by atoms with Crippen LogP contribution in [0.2, 0.25) is 0 Å². The van der Waals surface area contributed by atoms with Crippen molar-refractivity contribution in [3.63, 3.8) is 0 Å². The van der Waals surface area contributed by atoms with Crippen LogP contribution in [0.3, 0.4) is 0 Å². The van der Waals surface area contributed by atoms with Gasteiger partial charge in [-0.1, -0.05) is 36.4 Å². The van der Waals surface area contributed by atoms with Crippen molar-refractivity contribution in [2.75, 3.05) is 5.32 Å². The second-order valence-corrected chi connectivity index (χ2v) is 5.45. The minimum Gasteiger partial charge on any atom is -0.367 e. The topological polar surface area (TPSA) is 24.9 Å². The van der Waals surface area contributed by atoms with Crippen LogP contribution in [0.15, 0.2) is 48.5 Å². The van der Waals surface area contributed by atoms with Crippen molar-refractivity contribution in [1.29, 1.82) is 0 Å². The Labute approximate surface area is 119 Å². The summed E-state index contributed by atoms with van der Waals surface area (Å²) in [5.74, 6) is 0.885. The van der Waals surface area contributed by atoms with Crippen molar-refractivity contribution in [3.05, 3.63) is 60.0 Å². The van der Waals surface area contributed by atoms with Crippen LogP contribution in [-0.4, -0.2) is 11.0 Å². The van der Waals surface area contributed by atoms with Crippen LogP contribution in [0.1, 0.15) is 37.2 Å². The summed E-state index contributed by atoms with van der Waals surface area (Å²) in [6, 6.07) is 16.0. The van der Waals surface area contributed by atoms with E-state index in [4.69, 9.17) is 0 Å². The van der Waals surface area contributed by atoms with Gasteiger partial charge in [-0.3, -0.25) is 0 Å². The molecular weight excluding hydrogens is 251 g/mol. The first-order chi connectivity index (χ1) is 9.81. The predicted molar refractivity (Wildman–Crippen MR) is 79.3 cm³/mol. The molecule has 3 rings (SSSR count). The molecule has 0 bridgehead atoms. The molecule has 20 heavy (non-hydrogen) atoms. The molecule has 2 aromatic rings. The second-order valence-electron chi connectivity index (χ2n) is 5.45. The maximum absolute atomic E-state index is 13.1. The zero-order chi connectivity index (χ0) is 13.8. The smallest absolute Gasteiger partial charge is 0.214 e. The van der Waals surface area contributed by atoms with E-state index in [0.29, 0.717) is 17.8 Å². The van der Waals surface area contributed by atoms with Gasteiger partial charge in [-0.05, 0) is 49.3 Å². The molecule has 1 aromatic carbocycles. The Morgan fingerprint density at radius 1 is 0.900 bits per heavy atom. The molecule has 0 saturated heterocycles. The fraction of sp³-hybridized carbons (Fsp3) is 0.353. The maximum atomic E-state index is 13.1. The van der Waals surface area contributed by atoms with Gasteiger partial charge >= 0.3 is 0 Å². The first-order valence-electron chi connectivity index (χ1n) is 7.25. The highest BCUT2D eigenvalue weighted by molar-refractivity contribution is 5.35. The monoisotopic (exact) mass is 270 g/mol. The molecule has 1 aliphatic rings. The number of hydrogen-bond donors (Lipinski definition) is 1. The number of rotatable bonds is 3. The number of nitrogens with one attached hydrogen (secondary N) is 1. The van der Waals surface area contributed by atoms with Crippen molar-refractivity contribution < 1.29 is 4.39 Å². The van der Waals surface area contributed by atoms with Gasteiger partial charge in [-0.15, -0.1) is 0 Å². The number of halogens is 1. The van der Waals surface area contributed by atoms with E-state index in [9.17, 15) is 4.39 Å². The van der Waals surface area contributed by atoms with E-state index in [1.807, 2.05) is 6.07 Å². The lowest BCUT2D eigenvalue weighted by molar-refractivity contribution is 0.411. The van der Waals surface area contributed by atoms with E-state index in [1.165, 1.54) is 24.5 Å². The standard InChI is InChI=1S/C17H19FN2/c18-16-7-4-8-17(20-16)19-15-11-9-14(10-12-15)13-5-2-1-3-6-13/h1-8,14-15H,9-12H2,(H,19,20). The number of aromatic nitrogens is 1. The molecule has 0 unspecified atom stereocenters. The largest absolute Gasteiger partial charge is 0.367 e. The fourth-order valence-corrected chi connectivity index (χ4v) is 2.99. The molecule has 1 aromatic heterocycles. The van der Waals surface area contributed by atoms with Crippen LogP contribution in [-0.2, 0) is 0 Å². The quantitative estimate of drug-likeness (QED) is 0.838. The predicted octanol–water partition coefficient (Wildman–Crippen LogP) is 4.36. The summed E-state index contributed by atoms with van der Waals surface area (Å²) in [4.78, 5) is 3.87. The van der Waals surface area contributed by atoms with Crippen LogP contribution >= 0.6 is 0 Å². The molecule has 3 heteroatoms.